The minimum Gasteiger partial charge on any atom is -0.251 e. The zero-order chi connectivity index (χ0) is 15.0. The molecule has 0 aliphatic rings. The van der Waals surface area contributed by atoms with Crippen LogP contribution >= 0.6 is 0 Å². The molecule has 2 rings (SSSR count). The fraction of sp³-hybridized carbons (Fsp3) is 0.357. The molecule has 106 valence electrons. The average molecular weight is 281 g/mol. The highest BCUT2D eigenvalue weighted by Crippen LogP contribution is 2.29. The Bertz CT molecular complexity index is 526. The summed E-state index contributed by atoms with van der Waals surface area (Å²) in [5.41, 5.74) is 0.114. The quantitative estimate of drug-likeness (QED) is 0.796. The van der Waals surface area contributed by atoms with Gasteiger partial charge in [0.05, 0.1) is 0 Å². The Morgan fingerprint density at radius 2 is 1.35 bits per heavy atom. The van der Waals surface area contributed by atoms with Crippen molar-refractivity contribution in [2.45, 2.75) is 32.4 Å². The average Bonchev–Trinajstić information content (AvgIpc) is 2.37. The van der Waals surface area contributed by atoms with Gasteiger partial charge in [-0.1, -0.05) is 26.8 Å². The molecular formula is C14H14F3N3. The van der Waals surface area contributed by atoms with Crippen molar-refractivity contribution >= 4 is 0 Å². The van der Waals surface area contributed by atoms with Crippen molar-refractivity contribution in [3.63, 3.8) is 0 Å². The Balaban J connectivity index is 2.29. The van der Waals surface area contributed by atoms with Crippen LogP contribution in [0.4, 0.5) is 13.2 Å². The highest BCUT2D eigenvalue weighted by molar-refractivity contribution is 5.60. The van der Waals surface area contributed by atoms with Crippen LogP contribution in [0.2, 0.25) is 0 Å². The van der Waals surface area contributed by atoms with Crippen molar-refractivity contribution in [1.82, 2.24) is 15.0 Å². The van der Waals surface area contributed by atoms with E-state index in [1.807, 2.05) is 20.8 Å². The second kappa shape index (κ2) is 4.85. The molecule has 0 spiro atoms. The molecule has 2 aromatic heterocycles. The Labute approximate surface area is 114 Å². The van der Waals surface area contributed by atoms with Crippen LogP contribution in [0.3, 0.4) is 0 Å². The van der Waals surface area contributed by atoms with Gasteiger partial charge in [0.1, 0.15) is 11.5 Å². The number of hydrogen-bond donors (Lipinski definition) is 0. The van der Waals surface area contributed by atoms with Crippen LogP contribution in [-0.4, -0.2) is 15.0 Å². The second-order valence-corrected chi connectivity index (χ2v) is 5.48. The summed E-state index contributed by atoms with van der Waals surface area (Å²) in [6, 6.07) is 2.32. The Hall–Kier alpha value is -1.98. The zero-order valence-corrected chi connectivity index (χ0v) is 11.4. The van der Waals surface area contributed by atoms with Gasteiger partial charge >= 0.3 is 6.18 Å². The van der Waals surface area contributed by atoms with Gasteiger partial charge in [0, 0.05) is 35.1 Å². The third kappa shape index (κ3) is 3.12. The number of hydrogen-bond acceptors (Lipinski definition) is 3. The van der Waals surface area contributed by atoms with Crippen LogP contribution in [0.15, 0.2) is 30.7 Å². The normalized spacial score (nSPS) is 12.5. The van der Waals surface area contributed by atoms with Crippen LogP contribution in [0, 0.1) is 0 Å². The van der Waals surface area contributed by atoms with Crippen molar-refractivity contribution in [2.75, 3.05) is 0 Å². The third-order valence-corrected chi connectivity index (χ3v) is 2.71. The molecule has 0 fully saturated rings. The van der Waals surface area contributed by atoms with Crippen LogP contribution in [0.25, 0.3) is 11.1 Å². The van der Waals surface area contributed by atoms with Crippen molar-refractivity contribution in [2.24, 2.45) is 0 Å². The number of halogens is 3. The molecule has 20 heavy (non-hydrogen) atoms. The summed E-state index contributed by atoms with van der Waals surface area (Å²) in [6.07, 6.45) is -0.0564. The largest absolute Gasteiger partial charge is 0.433 e. The van der Waals surface area contributed by atoms with Gasteiger partial charge in [-0.05, 0) is 6.07 Å². The maximum atomic E-state index is 12.4. The van der Waals surface area contributed by atoms with Gasteiger partial charge in [-0.15, -0.1) is 0 Å². The lowest BCUT2D eigenvalue weighted by Crippen LogP contribution is -2.15. The summed E-state index contributed by atoms with van der Waals surface area (Å²) in [7, 11) is 0. The number of aromatic nitrogens is 3. The topological polar surface area (TPSA) is 38.7 Å². The first-order valence-corrected chi connectivity index (χ1v) is 6.04. The summed E-state index contributed by atoms with van der Waals surface area (Å²) in [5.74, 6) is 0.682. The van der Waals surface area contributed by atoms with E-state index in [0.29, 0.717) is 17.0 Å². The minimum absolute atomic E-state index is 0.170. The van der Waals surface area contributed by atoms with Crippen LogP contribution in [0.1, 0.15) is 32.3 Å². The molecule has 0 N–H and O–H groups in total. The smallest absolute Gasteiger partial charge is 0.251 e. The van der Waals surface area contributed by atoms with E-state index in [-0.39, 0.29) is 5.41 Å². The van der Waals surface area contributed by atoms with E-state index < -0.39 is 11.9 Å². The van der Waals surface area contributed by atoms with Gasteiger partial charge in [0.25, 0.3) is 0 Å². The highest BCUT2D eigenvalue weighted by Gasteiger charge is 2.32. The summed E-state index contributed by atoms with van der Waals surface area (Å²) in [5, 5.41) is 0. The van der Waals surface area contributed by atoms with Crippen LogP contribution in [0.5, 0.6) is 0 Å². The summed E-state index contributed by atoms with van der Waals surface area (Å²) in [4.78, 5) is 11.9. The Morgan fingerprint density at radius 1 is 0.800 bits per heavy atom. The van der Waals surface area contributed by atoms with Crippen molar-refractivity contribution in [3.05, 3.63) is 42.2 Å². The zero-order valence-electron chi connectivity index (χ0n) is 11.4. The van der Waals surface area contributed by atoms with Gasteiger partial charge in [-0.25, -0.2) is 9.97 Å². The molecule has 2 aromatic rings. The van der Waals surface area contributed by atoms with E-state index in [1.165, 1.54) is 12.3 Å². The van der Waals surface area contributed by atoms with Gasteiger partial charge in [-0.2, -0.15) is 13.2 Å². The molecule has 0 aliphatic carbocycles. The molecule has 0 bridgehead atoms. The fourth-order valence-electron chi connectivity index (χ4n) is 1.60. The van der Waals surface area contributed by atoms with E-state index in [1.54, 1.807) is 12.4 Å². The third-order valence-electron chi connectivity index (χ3n) is 2.71. The molecule has 2 heterocycles. The van der Waals surface area contributed by atoms with E-state index in [9.17, 15) is 13.2 Å². The number of pyridine rings is 1. The molecule has 0 radical (unpaired) electrons. The first kappa shape index (κ1) is 14.4. The van der Waals surface area contributed by atoms with E-state index in [2.05, 4.69) is 15.0 Å². The molecule has 0 saturated heterocycles. The summed E-state index contributed by atoms with van der Waals surface area (Å²) in [6.45, 7) is 5.96. The number of alkyl halides is 3. The van der Waals surface area contributed by atoms with Gasteiger partial charge in [-0.3, -0.25) is 4.98 Å². The molecule has 0 aromatic carbocycles. The standard InChI is InChI=1S/C14H14F3N3/c1-13(2,3)12-19-7-10(8-20-12)9-4-5-11(18-6-9)14(15,16)17/h4-8H,1-3H3. The highest BCUT2D eigenvalue weighted by atomic mass is 19.4. The van der Waals surface area contributed by atoms with Crippen molar-refractivity contribution in [1.29, 1.82) is 0 Å². The van der Waals surface area contributed by atoms with Gasteiger partial charge < -0.3 is 0 Å². The molecule has 0 aliphatic heterocycles. The van der Waals surface area contributed by atoms with Gasteiger partial charge in [0.15, 0.2) is 0 Å². The van der Waals surface area contributed by atoms with Gasteiger partial charge in [0.2, 0.25) is 0 Å². The lowest BCUT2D eigenvalue weighted by atomic mass is 9.95. The molecule has 0 amide bonds. The van der Waals surface area contributed by atoms with Crippen LogP contribution < -0.4 is 0 Å². The fourth-order valence-corrected chi connectivity index (χ4v) is 1.60. The second-order valence-electron chi connectivity index (χ2n) is 5.48. The van der Waals surface area contributed by atoms with E-state index in [4.69, 9.17) is 0 Å². The Kier molecular flexibility index (Phi) is 3.50. The molecule has 3 nitrogen and oxygen atoms in total. The SMILES string of the molecule is CC(C)(C)c1ncc(-c2ccc(C(F)(F)F)nc2)cn1. The molecule has 0 atom stereocenters. The van der Waals surface area contributed by atoms with Crippen LogP contribution in [-0.2, 0) is 11.6 Å². The minimum atomic E-state index is -4.43. The summed E-state index contributed by atoms with van der Waals surface area (Å²) < 4.78 is 37.3. The van der Waals surface area contributed by atoms with Crippen molar-refractivity contribution < 1.29 is 13.2 Å². The lowest BCUT2D eigenvalue weighted by Gasteiger charge is -2.16. The molecule has 6 heteroatoms. The Morgan fingerprint density at radius 3 is 1.75 bits per heavy atom. The maximum absolute atomic E-state index is 12.4. The molecule has 0 saturated carbocycles. The lowest BCUT2D eigenvalue weighted by molar-refractivity contribution is -0.141. The van der Waals surface area contributed by atoms with Crippen molar-refractivity contribution in [3.8, 4) is 11.1 Å². The predicted molar refractivity (Wildman–Crippen MR) is 69.0 cm³/mol. The molecule has 0 unspecified atom stereocenters. The molecular weight excluding hydrogens is 267 g/mol. The maximum Gasteiger partial charge on any atom is 0.433 e. The number of rotatable bonds is 1. The first-order valence-electron chi connectivity index (χ1n) is 6.04. The monoisotopic (exact) mass is 281 g/mol. The number of nitrogens with zero attached hydrogens (tertiary/aromatic N) is 3. The summed E-state index contributed by atoms with van der Waals surface area (Å²) >= 11 is 0. The predicted octanol–water partition coefficient (Wildman–Crippen LogP) is 3.85. The van der Waals surface area contributed by atoms with E-state index in [0.717, 1.165) is 6.07 Å². The van der Waals surface area contributed by atoms with E-state index >= 15 is 0 Å². The first-order chi connectivity index (χ1) is 9.18.